The summed E-state index contributed by atoms with van der Waals surface area (Å²) < 4.78 is 7.94. The largest absolute Gasteiger partial charge is 0 e. The summed E-state index contributed by atoms with van der Waals surface area (Å²) in [5.41, 5.74) is 0. The second-order valence-corrected chi connectivity index (χ2v) is 0. The molecular formula is CoGaLaOSr. The third kappa shape index (κ3) is 18.4. The van der Waals surface area contributed by atoms with Crippen LogP contribution in [-0.4, -0.2) is 65.3 Å². The Hall–Kier alpha value is 3.62. The molecule has 0 N–H and O–H groups in total. The van der Waals surface area contributed by atoms with Crippen molar-refractivity contribution in [1.29, 1.82) is 0 Å². The summed E-state index contributed by atoms with van der Waals surface area (Å²) in [5, 5.41) is 0. The molecule has 1 nitrogen and oxygen atoms in total. The molecule has 0 aliphatic carbocycles. The van der Waals surface area contributed by atoms with E-state index in [0.717, 1.165) is 0 Å². The number of rotatable bonds is 0. The third-order valence-corrected chi connectivity index (χ3v) is 0. The van der Waals surface area contributed by atoms with Gasteiger partial charge in [-0.25, -0.2) is 0 Å². The van der Waals surface area contributed by atoms with Crippen molar-refractivity contribution in [1.82, 2.24) is 0 Å². The van der Waals surface area contributed by atoms with E-state index in [0.29, 0.717) is 0 Å². The summed E-state index contributed by atoms with van der Waals surface area (Å²) >= 11 is 2.31. The maximum Gasteiger partial charge on any atom is 0 e. The fourth-order valence-electron chi connectivity index (χ4n) is 0. The van der Waals surface area contributed by atoms with Crippen LogP contribution in [0, 0.1) is 35.6 Å². The van der Waals surface area contributed by atoms with Crippen molar-refractivity contribution in [2.75, 3.05) is 0 Å². The monoisotopic (exact) mass is 371 g/mol. The molecule has 0 aromatic carbocycles. The van der Waals surface area contributed by atoms with Crippen LogP contribution in [0.1, 0.15) is 0 Å². The van der Waals surface area contributed by atoms with Crippen molar-refractivity contribution >= 4 is 65.3 Å². The molecule has 0 aromatic rings. The molecule has 5 heavy (non-hydrogen) atoms. The summed E-state index contributed by atoms with van der Waals surface area (Å²) in [5.74, 6) is 0. The Labute approximate surface area is 117 Å². The molecule has 0 spiro atoms. The molecule has 0 bridgehead atoms. The Morgan fingerprint density at radius 2 is 1.20 bits per heavy atom. The predicted molar refractivity (Wildman–Crippen MR) is 12.2 cm³/mol. The summed E-state index contributed by atoms with van der Waals surface area (Å²) in [6.07, 6.45) is 0. The number of hydrogen-bond donors (Lipinski definition) is 0. The van der Waals surface area contributed by atoms with Gasteiger partial charge in [-0.3, -0.25) is 0 Å². The molecule has 0 aromatic heterocycles. The Bertz CT molecular complexity index is 11.6. The molecule has 0 aliphatic heterocycles. The maximum absolute atomic E-state index is 7.94. The van der Waals surface area contributed by atoms with E-state index in [-0.39, 0.29) is 101 Å². The SMILES string of the molecule is [Ga].[La].[O]=[Co].[Sr]. The Kier molecular flexibility index (Phi) is 120. The second kappa shape index (κ2) is 25.5. The molecule has 0 saturated heterocycles. The van der Waals surface area contributed by atoms with Crippen LogP contribution in [0.15, 0.2) is 0 Å². The van der Waals surface area contributed by atoms with E-state index < -0.39 is 0 Å². The van der Waals surface area contributed by atoms with Crippen molar-refractivity contribution in [2.45, 2.75) is 0 Å². The van der Waals surface area contributed by atoms with Crippen LogP contribution in [0.3, 0.4) is 0 Å². The first-order valence-electron chi connectivity index (χ1n) is 0.136. The molecule has 0 amide bonds. The van der Waals surface area contributed by atoms with Gasteiger partial charge in [-0.2, -0.15) is 0 Å². The average Bonchev–Trinajstić information content (AvgIpc) is 1.00. The predicted octanol–water partition coefficient (Wildman–Crippen LogP) is -0.883. The standard InChI is InChI=1S/Co.Ga.La.O.Sr. The van der Waals surface area contributed by atoms with Crippen molar-refractivity contribution < 1.29 is 55.1 Å². The topological polar surface area (TPSA) is 17.1 Å². The third-order valence-electron chi connectivity index (χ3n) is 0. The van der Waals surface area contributed by atoms with Gasteiger partial charge in [0.25, 0.3) is 0 Å². The van der Waals surface area contributed by atoms with Crippen LogP contribution in [-0.2, 0) is 19.5 Å². The van der Waals surface area contributed by atoms with Crippen LogP contribution >= 0.6 is 0 Å². The van der Waals surface area contributed by atoms with Gasteiger partial charge in [0.15, 0.2) is 0 Å². The van der Waals surface area contributed by atoms with Crippen LogP contribution in [0.2, 0.25) is 0 Å². The van der Waals surface area contributed by atoms with Gasteiger partial charge in [-0.15, -0.1) is 0 Å². The van der Waals surface area contributed by atoms with Crippen LogP contribution in [0.5, 0.6) is 0 Å². The second-order valence-electron chi connectivity index (χ2n) is 0. The zero-order chi connectivity index (χ0) is 2.00. The van der Waals surface area contributed by atoms with Gasteiger partial charge in [0.2, 0.25) is 0 Å². The molecule has 0 rings (SSSR count). The van der Waals surface area contributed by atoms with E-state index in [1.165, 1.54) is 0 Å². The van der Waals surface area contributed by atoms with Gasteiger partial charge >= 0.3 is 19.5 Å². The first-order chi connectivity index (χ1) is 1.00. The number of hydrogen-bond acceptors (Lipinski definition) is 1. The molecule has 0 atom stereocenters. The van der Waals surface area contributed by atoms with Crippen LogP contribution in [0.25, 0.3) is 0 Å². The normalized spacial score (nSPS) is 1.00. The summed E-state index contributed by atoms with van der Waals surface area (Å²) in [4.78, 5) is 0. The van der Waals surface area contributed by atoms with Gasteiger partial charge < -0.3 is 0 Å². The molecule has 0 fully saturated rings. The van der Waals surface area contributed by atoms with Crippen LogP contribution in [0.4, 0.5) is 0 Å². The Balaban J connectivity index is -0.00000000167. The van der Waals surface area contributed by atoms with Gasteiger partial charge in [0, 0.05) is 101 Å². The fraction of sp³-hybridized carbons (Fsp3) is 0. The molecule has 0 heterocycles. The molecule has 0 unspecified atom stereocenters. The van der Waals surface area contributed by atoms with Crippen molar-refractivity contribution in [2.24, 2.45) is 0 Å². The van der Waals surface area contributed by atoms with E-state index in [1.807, 2.05) is 0 Å². The minimum Gasteiger partial charge on any atom is 0 e. The first-order valence-corrected chi connectivity index (χ1v) is 0.561. The maximum atomic E-state index is 7.94. The minimum atomic E-state index is 0. The quantitative estimate of drug-likeness (QED) is 0.506. The van der Waals surface area contributed by atoms with Gasteiger partial charge in [-0.05, 0) is 0 Å². The van der Waals surface area contributed by atoms with Crippen molar-refractivity contribution in [3.05, 3.63) is 0 Å². The van der Waals surface area contributed by atoms with Crippen molar-refractivity contribution in [3.8, 4) is 0 Å². The smallest absolute Gasteiger partial charge is 0 e. The van der Waals surface area contributed by atoms with Gasteiger partial charge in [-0.1, -0.05) is 0 Å². The van der Waals surface area contributed by atoms with Crippen LogP contribution < -0.4 is 0 Å². The zero-order valence-corrected chi connectivity index (χ0v) is 13.2. The first kappa shape index (κ1) is 23.5. The average molecular weight is 371 g/mol. The Morgan fingerprint density at radius 1 is 1.20 bits per heavy atom. The molecule has 5 heteroatoms. The molecule has 6 radical (unpaired) electrons. The van der Waals surface area contributed by atoms with E-state index in [9.17, 15) is 0 Å². The van der Waals surface area contributed by atoms with Gasteiger partial charge in [0.1, 0.15) is 0 Å². The summed E-state index contributed by atoms with van der Waals surface area (Å²) in [6.45, 7) is 0. The van der Waals surface area contributed by atoms with E-state index >= 15 is 0 Å². The van der Waals surface area contributed by atoms with E-state index in [1.54, 1.807) is 0 Å². The van der Waals surface area contributed by atoms with E-state index in [4.69, 9.17) is 3.87 Å². The van der Waals surface area contributed by atoms with E-state index in [2.05, 4.69) is 15.7 Å². The van der Waals surface area contributed by atoms with Gasteiger partial charge in [0.05, 0.1) is 0 Å². The minimum absolute atomic E-state index is 0. The summed E-state index contributed by atoms with van der Waals surface area (Å²) in [6, 6.07) is 0. The Morgan fingerprint density at radius 3 is 1.20 bits per heavy atom. The fourth-order valence-corrected chi connectivity index (χ4v) is 0. The zero-order valence-electron chi connectivity index (χ0n) is 2.60. The summed E-state index contributed by atoms with van der Waals surface area (Å²) in [7, 11) is 0. The molecular weight excluding hydrogens is 371 g/mol. The molecule has 0 aliphatic rings. The molecule has 23 valence electrons. The van der Waals surface area contributed by atoms with Crippen molar-refractivity contribution in [3.63, 3.8) is 0 Å². The molecule has 0 saturated carbocycles.